The van der Waals surface area contributed by atoms with Crippen LogP contribution in [0.3, 0.4) is 0 Å². The van der Waals surface area contributed by atoms with Crippen LogP contribution in [-0.2, 0) is 9.47 Å². The highest BCUT2D eigenvalue weighted by molar-refractivity contribution is 5.63. The average Bonchev–Trinajstić information content (AvgIpc) is 2.77. The van der Waals surface area contributed by atoms with Crippen molar-refractivity contribution in [1.29, 1.82) is 0 Å². The summed E-state index contributed by atoms with van der Waals surface area (Å²) in [6, 6.07) is 16.6. The number of para-hydroxylation sites is 1. The van der Waals surface area contributed by atoms with Crippen molar-refractivity contribution >= 4 is 11.4 Å². The van der Waals surface area contributed by atoms with Gasteiger partial charge in [-0.2, -0.15) is 0 Å². The molecule has 0 spiro atoms. The maximum atomic E-state index is 6.19. The third kappa shape index (κ3) is 3.41. The van der Waals surface area contributed by atoms with Gasteiger partial charge in [-0.05, 0) is 56.2 Å². The number of hydrogen-bond donors (Lipinski definition) is 0. The first-order valence-electron chi connectivity index (χ1n) is 10.4. The van der Waals surface area contributed by atoms with E-state index in [2.05, 4.69) is 75.8 Å². The largest absolute Gasteiger partial charge is 0.496 e. The predicted molar refractivity (Wildman–Crippen MR) is 123 cm³/mol. The summed E-state index contributed by atoms with van der Waals surface area (Å²) in [7, 11) is 7.29. The SMILES string of the molecule is CCCC1=C(C)N(c2ccc(OC)c(C)c2)[CH][N+](C)(c2ccccc2)C1(OC)OC. The molecule has 0 aromatic heterocycles. The van der Waals surface area contributed by atoms with Gasteiger partial charge >= 0.3 is 5.91 Å². The number of anilines is 1. The Morgan fingerprint density at radius 2 is 1.63 bits per heavy atom. The van der Waals surface area contributed by atoms with Crippen LogP contribution in [0.1, 0.15) is 32.3 Å². The first-order valence-corrected chi connectivity index (χ1v) is 10.4. The van der Waals surface area contributed by atoms with Crippen molar-refractivity contribution in [2.45, 2.75) is 39.5 Å². The fourth-order valence-corrected chi connectivity index (χ4v) is 4.59. The summed E-state index contributed by atoms with van der Waals surface area (Å²) in [5.74, 6) is -0.0611. The quantitative estimate of drug-likeness (QED) is 0.439. The van der Waals surface area contributed by atoms with Gasteiger partial charge in [-0.15, -0.1) is 0 Å². The second-order valence-corrected chi connectivity index (χ2v) is 7.85. The van der Waals surface area contributed by atoms with E-state index < -0.39 is 5.91 Å². The van der Waals surface area contributed by atoms with Crippen LogP contribution in [0.5, 0.6) is 5.75 Å². The Morgan fingerprint density at radius 3 is 2.17 bits per heavy atom. The molecule has 1 heterocycles. The van der Waals surface area contributed by atoms with Gasteiger partial charge in [0.2, 0.25) is 0 Å². The average molecular weight is 411 g/mol. The van der Waals surface area contributed by atoms with E-state index in [-0.39, 0.29) is 0 Å². The van der Waals surface area contributed by atoms with E-state index in [1.807, 2.05) is 12.1 Å². The molecule has 1 unspecified atom stereocenters. The van der Waals surface area contributed by atoms with Gasteiger partial charge in [0.05, 0.1) is 19.7 Å². The van der Waals surface area contributed by atoms with E-state index in [9.17, 15) is 0 Å². The van der Waals surface area contributed by atoms with Gasteiger partial charge in [0.25, 0.3) is 6.67 Å². The molecule has 0 aliphatic carbocycles. The Hall–Kier alpha value is -2.34. The van der Waals surface area contributed by atoms with Crippen LogP contribution in [0, 0.1) is 13.6 Å². The number of aryl methyl sites for hydroxylation is 1. The standard InChI is InChI=1S/C25H34N2O3/c1-8-12-23-20(3)26(21-15-16-24(28-5)19(2)17-21)18-27(4,25(23,29-6)30-7)22-13-10-9-11-14-22/h9-11,13-18H,8,12H2,1-7H3/q+1. The highest BCUT2D eigenvalue weighted by Gasteiger charge is 2.59. The summed E-state index contributed by atoms with van der Waals surface area (Å²) in [6.45, 7) is 8.57. The van der Waals surface area contributed by atoms with Crippen LogP contribution >= 0.6 is 0 Å². The molecule has 161 valence electrons. The van der Waals surface area contributed by atoms with E-state index in [0.717, 1.165) is 46.8 Å². The maximum Gasteiger partial charge on any atom is 0.351 e. The fraction of sp³-hybridized carbons (Fsp3) is 0.400. The molecule has 30 heavy (non-hydrogen) atoms. The molecule has 2 aromatic carbocycles. The van der Waals surface area contributed by atoms with Gasteiger partial charge in [-0.3, -0.25) is 4.90 Å². The predicted octanol–water partition coefficient (Wildman–Crippen LogP) is 5.60. The Labute approximate surface area is 181 Å². The Kier molecular flexibility index (Phi) is 6.56. The molecule has 0 saturated heterocycles. The lowest BCUT2D eigenvalue weighted by Crippen LogP contribution is -2.70. The topological polar surface area (TPSA) is 30.9 Å². The number of allylic oxidation sites excluding steroid dienone is 1. The van der Waals surface area contributed by atoms with Crippen molar-refractivity contribution < 1.29 is 14.2 Å². The van der Waals surface area contributed by atoms with Gasteiger partial charge in [0, 0.05) is 25.6 Å². The van der Waals surface area contributed by atoms with Crippen LogP contribution in [-0.4, -0.2) is 34.3 Å². The molecule has 1 atom stereocenters. The first kappa shape index (κ1) is 22.3. The molecule has 1 aliphatic heterocycles. The molecule has 1 radical (unpaired) electrons. The molecular weight excluding hydrogens is 376 g/mol. The molecule has 0 bridgehead atoms. The zero-order valence-electron chi connectivity index (χ0n) is 19.2. The third-order valence-electron chi connectivity index (χ3n) is 6.14. The highest BCUT2D eigenvalue weighted by Crippen LogP contribution is 2.48. The summed E-state index contributed by atoms with van der Waals surface area (Å²) in [4.78, 5) is 2.25. The van der Waals surface area contributed by atoms with Crippen molar-refractivity contribution in [3.63, 3.8) is 0 Å². The van der Waals surface area contributed by atoms with E-state index in [0.29, 0.717) is 4.48 Å². The molecule has 0 fully saturated rings. The Bertz CT molecular complexity index is 906. The number of likely N-dealkylation sites (N-methyl/N-ethyl adjacent to an activating group) is 1. The lowest BCUT2D eigenvalue weighted by molar-refractivity contribution is -0.254. The Balaban J connectivity index is 2.26. The zero-order chi connectivity index (χ0) is 21.9. The summed E-state index contributed by atoms with van der Waals surface area (Å²) in [6.07, 6.45) is 1.86. The summed E-state index contributed by atoms with van der Waals surface area (Å²) >= 11 is 0. The van der Waals surface area contributed by atoms with E-state index in [1.165, 1.54) is 0 Å². The van der Waals surface area contributed by atoms with Crippen molar-refractivity contribution in [3.8, 4) is 5.75 Å². The van der Waals surface area contributed by atoms with Gasteiger partial charge in [0.15, 0.2) is 0 Å². The van der Waals surface area contributed by atoms with Gasteiger partial charge < -0.3 is 14.2 Å². The lowest BCUT2D eigenvalue weighted by Gasteiger charge is -2.53. The van der Waals surface area contributed by atoms with Crippen LogP contribution in [0.25, 0.3) is 0 Å². The van der Waals surface area contributed by atoms with Crippen LogP contribution in [0.4, 0.5) is 11.4 Å². The number of rotatable bonds is 7. The number of benzene rings is 2. The summed E-state index contributed by atoms with van der Waals surface area (Å²) in [5.41, 5.74) is 5.52. The van der Waals surface area contributed by atoms with Gasteiger partial charge in [-0.25, -0.2) is 4.48 Å². The molecule has 5 heteroatoms. The van der Waals surface area contributed by atoms with E-state index >= 15 is 0 Å². The van der Waals surface area contributed by atoms with Gasteiger partial charge in [0.1, 0.15) is 11.4 Å². The number of methoxy groups -OCH3 is 3. The number of hydrogen-bond acceptors (Lipinski definition) is 4. The monoisotopic (exact) mass is 410 g/mol. The number of nitrogens with zero attached hydrogens (tertiary/aromatic N) is 2. The van der Waals surface area contributed by atoms with E-state index in [1.54, 1.807) is 21.3 Å². The second-order valence-electron chi connectivity index (χ2n) is 7.85. The van der Waals surface area contributed by atoms with E-state index in [4.69, 9.17) is 14.2 Å². The van der Waals surface area contributed by atoms with Crippen molar-refractivity contribution in [3.05, 3.63) is 72.0 Å². The molecular formula is C25H34N2O3+. The highest BCUT2D eigenvalue weighted by atomic mass is 16.7. The smallest absolute Gasteiger partial charge is 0.351 e. The van der Waals surface area contributed by atoms with Crippen molar-refractivity contribution in [1.82, 2.24) is 4.48 Å². The maximum absolute atomic E-state index is 6.19. The lowest BCUT2D eigenvalue weighted by atomic mass is 9.96. The van der Waals surface area contributed by atoms with Crippen LogP contribution in [0.2, 0.25) is 0 Å². The molecule has 5 nitrogen and oxygen atoms in total. The third-order valence-corrected chi connectivity index (χ3v) is 6.14. The molecule has 0 amide bonds. The van der Waals surface area contributed by atoms with Crippen molar-refractivity contribution in [2.75, 3.05) is 33.3 Å². The molecule has 0 saturated carbocycles. The van der Waals surface area contributed by atoms with Crippen LogP contribution < -0.4 is 14.1 Å². The molecule has 2 aromatic rings. The molecule has 1 aliphatic rings. The fourth-order valence-electron chi connectivity index (χ4n) is 4.59. The van der Waals surface area contributed by atoms with Crippen molar-refractivity contribution in [2.24, 2.45) is 0 Å². The second kappa shape index (κ2) is 8.80. The molecule has 0 N–H and O–H groups in total. The number of quaternary nitrogens is 1. The number of ether oxygens (including phenoxy) is 3. The zero-order valence-corrected chi connectivity index (χ0v) is 19.2. The first-order chi connectivity index (χ1) is 14.4. The van der Waals surface area contributed by atoms with Crippen LogP contribution in [0.15, 0.2) is 59.8 Å². The minimum absolute atomic E-state index is 0.332. The molecule has 3 rings (SSSR count). The minimum atomic E-state index is -0.945. The summed E-state index contributed by atoms with van der Waals surface area (Å²) < 4.78 is 18.2. The minimum Gasteiger partial charge on any atom is -0.496 e. The normalized spacial score (nSPS) is 21.1. The Morgan fingerprint density at radius 1 is 0.967 bits per heavy atom. The summed E-state index contributed by atoms with van der Waals surface area (Å²) in [5, 5.41) is 0. The van der Waals surface area contributed by atoms with Gasteiger partial charge in [-0.1, -0.05) is 31.5 Å².